The molecule has 0 aromatic heterocycles. The molecule has 2 N–H and O–H groups in total. The van der Waals surface area contributed by atoms with Gasteiger partial charge < -0.3 is 15.4 Å². The topological polar surface area (TPSA) is 74.2 Å². The molecule has 1 aromatic rings. The minimum atomic E-state index is -0.533. The van der Waals surface area contributed by atoms with Crippen LogP contribution in [0.3, 0.4) is 0 Å². The molecule has 0 radical (unpaired) electrons. The number of ether oxygens (including phenoxy) is 1. The lowest BCUT2D eigenvalue weighted by Gasteiger charge is -2.11. The molecule has 16 heavy (non-hydrogen) atoms. The van der Waals surface area contributed by atoms with Gasteiger partial charge in [0.25, 0.3) is 0 Å². The van der Waals surface area contributed by atoms with Crippen molar-refractivity contribution < 1.29 is 9.53 Å². The Morgan fingerprint density at radius 3 is 2.81 bits per heavy atom. The zero-order chi connectivity index (χ0) is 12.0. The number of amides is 2. The van der Waals surface area contributed by atoms with E-state index in [1.54, 1.807) is 31.2 Å². The molecule has 2 amide bonds. The predicted molar refractivity (Wildman–Crippen MR) is 60.2 cm³/mol. The third-order valence-corrected chi connectivity index (χ3v) is 1.90. The van der Waals surface area contributed by atoms with Crippen LogP contribution in [0.15, 0.2) is 24.3 Å². The first kappa shape index (κ1) is 11.9. The second kappa shape index (κ2) is 5.61. The maximum absolute atomic E-state index is 11.4. The van der Waals surface area contributed by atoms with Gasteiger partial charge in [-0.1, -0.05) is 12.1 Å². The fourth-order valence-electron chi connectivity index (χ4n) is 1.14. The van der Waals surface area contributed by atoms with Crippen LogP contribution in [0.25, 0.3) is 0 Å². The van der Waals surface area contributed by atoms with Crippen molar-refractivity contribution in [3.8, 4) is 11.8 Å². The van der Waals surface area contributed by atoms with Gasteiger partial charge in [-0.15, -0.1) is 0 Å². The SMILES string of the molecule is COc1ccccc1NC(=O)NC(C)C#N. The summed E-state index contributed by atoms with van der Waals surface area (Å²) < 4.78 is 5.07. The Labute approximate surface area is 94.0 Å². The average Bonchev–Trinajstić information content (AvgIpc) is 2.29. The summed E-state index contributed by atoms with van der Waals surface area (Å²) in [7, 11) is 1.52. The molecule has 1 unspecified atom stereocenters. The molecule has 0 aliphatic rings. The highest BCUT2D eigenvalue weighted by atomic mass is 16.5. The van der Waals surface area contributed by atoms with E-state index < -0.39 is 12.1 Å². The van der Waals surface area contributed by atoms with Crippen molar-refractivity contribution in [1.29, 1.82) is 5.26 Å². The molecule has 0 saturated heterocycles. The summed E-state index contributed by atoms with van der Waals surface area (Å²) in [6, 6.07) is 7.99. The molecular weight excluding hydrogens is 206 g/mol. The number of nitriles is 1. The van der Waals surface area contributed by atoms with Crippen LogP contribution in [0.5, 0.6) is 5.75 Å². The Morgan fingerprint density at radius 2 is 2.19 bits per heavy atom. The molecule has 0 heterocycles. The molecule has 0 aliphatic heterocycles. The molecule has 1 aromatic carbocycles. The van der Waals surface area contributed by atoms with Crippen molar-refractivity contribution in [3.05, 3.63) is 24.3 Å². The molecule has 1 atom stereocenters. The molecule has 0 aliphatic carbocycles. The van der Waals surface area contributed by atoms with Gasteiger partial charge in [-0.05, 0) is 19.1 Å². The van der Waals surface area contributed by atoms with E-state index in [0.29, 0.717) is 11.4 Å². The molecule has 1 rings (SSSR count). The molecule has 5 heteroatoms. The number of nitrogens with one attached hydrogen (secondary N) is 2. The summed E-state index contributed by atoms with van der Waals surface area (Å²) in [5.74, 6) is 0.572. The second-order valence-corrected chi connectivity index (χ2v) is 3.15. The van der Waals surface area contributed by atoms with Gasteiger partial charge in [-0.25, -0.2) is 4.79 Å². The van der Waals surface area contributed by atoms with E-state index in [1.807, 2.05) is 6.07 Å². The summed E-state index contributed by atoms with van der Waals surface area (Å²) in [6.45, 7) is 1.60. The lowest BCUT2D eigenvalue weighted by Crippen LogP contribution is -2.35. The largest absolute Gasteiger partial charge is 0.495 e. The van der Waals surface area contributed by atoms with Gasteiger partial charge in [0, 0.05) is 0 Å². The van der Waals surface area contributed by atoms with Crippen molar-refractivity contribution in [2.75, 3.05) is 12.4 Å². The number of hydrogen-bond donors (Lipinski definition) is 2. The summed E-state index contributed by atoms with van der Waals surface area (Å²) in [5, 5.41) is 13.6. The van der Waals surface area contributed by atoms with E-state index in [4.69, 9.17) is 10.00 Å². The van der Waals surface area contributed by atoms with Crippen molar-refractivity contribution in [2.45, 2.75) is 13.0 Å². The summed E-state index contributed by atoms with van der Waals surface area (Å²) in [6.07, 6.45) is 0. The Morgan fingerprint density at radius 1 is 1.50 bits per heavy atom. The summed E-state index contributed by atoms with van der Waals surface area (Å²) in [4.78, 5) is 11.4. The number of nitrogens with zero attached hydrogens (tertiary/aromatic N) is 1. The van der Waals surface area contributed by atoms with Crippen LogP contribution in [0.2, 0.25) is 0 Å². The lowest BCUT2D eigenvalue weighted by atomic mass is 10.3. The maximum atomic E-state index is 11.4. The minimum Gasteiger partial charge on any atom is -0.495 e. The normalized spacial score (nSPS) is 11.1. The number of methoxy groups -OCH3 is 1. The zero-order valence-electron chi connectivity index (χ0n) is 9.15. The van der Waals surface area contributed by atoms with Crippen molar-refractivity contribution >= 4 is 11.7 Å². The van der Waals surface area contributed by atoms with Gasteiger partial charge in [-0.2, -0.15) is 5.26 Å². The number of carbonyl (C=O) groups excluding carboxylic acids is 1. The Hall–Kier alpha value is -2.22. The molecule has 5 nitrogen and oxygen atoms in total. The van der Waals surface area contributed by atoms with Crippen molar-refractivity contribution in [1.82, 2.24) is 5.32 Å². The molecule has 0 bridgehead atoms. The third kappa shape index (κ3) is 3.17. The van der Waals surface area contributed by atoms with E-state index in [-0.39, 0.29) is 0 Å². The number of anilines is 1. The Kier molecular flexibility index (Phi) is 4.16. The zero-order valence-corrected chi connectivity index (χ0v) is 9.15. The third-order valence-electron chi connectivity index (χ3n) is 1.90. The molecule has 0 spiro atoms. The van der Waals surface area contributed by atoms with Crippen LogP contribution >= 0.6 is 0 Å². The highest BCUT2D eigenvalue weighted by Crippen LogP contribution is 2.22. The highest BCUT2D eigenvalue weighted by Gasteiger charge is 2.08. The fourth-order valence-corrected chi connectivity index (χ4v) is 1.14. The minimum absolute atomic E-state index is 0.432. The molecule has 84 valence electrons. The predicted octanol–water partition coefficient (Wildman–Crippen LogP) is 1.73. The number of urea groups is 1. The number of carbonyl (C=O) groups is 1. The standard InChI is InChI=1S/C11H13N3O2/c1-8(7-12)13-11(15)14-9-5-3-4-6-10(9)16-2/h3-6,8H,1-2H3,(H2,13,14,15). The number of para-hydroxylation sites is 2. The second-order valence-electron chi connectivity index (χ2n) is 3.15. The van der Waals surface area contributed by atoms with Gasteiger partial charge in [0.15, 0.2) is 0 Å². The first-order valence-corrected chi connectivity index (χ1v) is 4.77. The van der Waals surface area contributed by atoms with Gasteiger partial charge in [-0.3, -0.25) is 0 Å². The molecule has 0 fully saturated rings. The summed E-state index contributed by atoms with van der Waals surface area (Å²) in [5.41, 5.74) is 0.563. The Bertz CT molecular complexity index is 412. The average molecular weight is 219 g/mol. The molecule has 0 saturated carbocycles. The van der Waals surface area contributed by atoms with E-state index >= 15 is 0 Å². The van der Waals surface area contributed by atoms with E-state index in [9.17, 15) is 4.79 Å². The van der Waals surface area contributed by atoms with E-state index in [1.165, 1.54) is 7.11 Å². The van der Waals surface area contributed by atoms with Gasteiger partial charge in [0.05, 0.1) is 18.9 Å². The van der Waals surface area contributed by atoms with Crippen LogP contribution in [0.1, 0.15) is 6.92 Å². The highest BCUT2D eigenvalue weighted by molar-refractivity contribution is 5.91. The van der Waals surface area contributed by atoms with Gasteiger partial charge in [0.1, 0.15) is 11.8 Å². The van der Waals surface area contributed by atoms with E-state index in [2.05, 4.69) is 10.6 Å². The first-order chi connectivity index (χ1) is 7.67. The van der Waals surface area contributed by atoms with Gasteiger partial charge in [0.2, 0.25) is 0 Å². The maximum Gasteiger partial charge on any atom is 0.320 e. The van der Waals surface area contributed by atoms with Crippen molar-refractivity contribution in [3.63, 3.8) is 0 Å². The molecular formula is C11H13N3O2. The van der Waals surface area contributed by atoms with Crippen molar-refractivity contribution in [2.24, 2.45) is 0 Å². The van der Waals surface area contributed by atoms with E-state index in [0.717, 1.165) is 0 Å². The Balaban J connectivity index is 2.66. The lowest BCUT2D eigenvalue weighted by molar-refractivity contribution is 0.251. The first-order valence-electron chi connectivity index (χ1n) is 4.77. The van der Waals surface area contributed by atoms with Crippen LogP contribution in [0.4, 0.5) is 10.5 Å². The summed E-state index contributed by atoms with van der Waals surface area (Å²) >= 11 is 0. The van der Waals surface area contributed by atoms with Gasteiger partial charge >= 0.3 is 6.03 Å². The van der Waals surface area contributed by atoms with Crippen LogP contribution in [-0.2, 0) is 0 Å². The fraction of sp³-hybridized carbons (Fsp3) is 0.273. The number of rotatable bonds is 3. The quantitative estimate of drug-likeness (QED) is 0.812. The monoisotopic (exact) mass is 219 g/mol. The smallest absolute Gasteiger partial charge is 0.320 e. The van der Waals surface area contributed by atoms with Crippen LogP contribution < -0.4 is 15.4 Å². The number of hydrogen-bond acceptors (Lipinski definition) is 3. The van der Waals surface area contributed by atoms with Crippen LogP contribution in [-0.4, -0.2) is 19.2 Å². The van der Waals surface area contributed by atoms with Crippen LogP contribution in [0, 0.1) is 11.3 Å². The number of benzene rings is 1.